The van der Waals surface area contributed by atoms with Crippen LogP contribution in [0.4, 0.5) is 5.69 Å². The number of amides is 1. The first-order chi connectivity index (χ1) is 12.6. The van der Waals surface area contributed by atoms with E-state index in [2.05, 4.69) is 17.4 Å². The van der Waals surface area contributed by atoms with E-state index in [4.69, 9.17) is 9.84 Å². The van der Waals surface area contributed by atoms with Gasteiger partial charge >= 0.3 is 5.97 Å². The number of carboxylic acids is 1. The highest BCUT2D eigenvalue weighted by Gasteiger charge is 2.09. The lowest BCUT2D eigenvalue weighted by Gasteiger charge is -2.09. The molecule has 0 aromatic heterocycles. The van der Waals surface area contributed by atoms with Gasteiger partial charge in [0.2, 0.25) is 5.91 Å². The number of rotatable bonds is 10. The van der Waals surface area contributed by atoms with Crippen molar-refractivity contribution in [2.75, 3.05) is 12.4 Å². The largest absolute Gasteiger partial charge is 0.497 e. The predicted molar refractivity (Wildman–Crippen MR) is 102 cm³/mol. The van der Waals surface area contributed by atoms with Crippen LogP contribution in [0.5, 0.6) is 5.75 Å². The number of carbonyl (C=O) groups is 2. The van der Waals surface area contributed by atoms with Crippen molar-refractivity contribution in [3.63, 3.8) is 0 Å². The fraction of sp³-hybridized carbons (Fsp3) is 0.333. The minimum Gasteiger partial charge on any atom is -0.497 e. The van der Waals surface area contributed by atoms with Gasteiger partial charge in [0, 0.05) is 12.1 Å². The molecule has 0 saturated heterocycles. The summed E-state index contributed by atoms with van der Waals surface area (Å²) in [5.74, 6) is -0.133. The molecular weight excluding hydrogens is 330 g/mol. The molecule has 0 heterocycles. The molecule has 5 nitrogen and oxygen atoms in total. The Kier molecular flexibility index (Phi) is 7.68. The molecule has 2 N–H and O–H groups in total. The number of methoxy groups -OCH3 is 1. The monoisotopic (exact) mass is 355 g/mol. The minimum absolute atomic E-state index is 0.0766. The van der Waals surface area contributed by atoms with Gasteiger partial charge in [-0.25, -0.2) is 0 Å². The van der Waals surface area contributed by atoms with Gasteiger partial charge in [0.1, 0.15) is 5.75 Å². The first kappa shape index (κ1) is 19.5. The second-order valence-corrected chi connectivity index (χ2v) is 6.18. The summed E-state index contributed by atoms with van der Waals surface area (Å²) in [7, 11) is 1.65. The van der Waals surface area contributed by atoms with E-state index in [9.17, 15) is 9.59 Å². The van der Waals surface area contributed by atoms with Crippen LogP contribution in [-0.4, -0.2) is 24.1 Å². The van der Waals surface area contributed by atoms with Crippen LogP contribution in [0.15, 0.2) is 48.5 Å². The predicted octanol–water partition coefficient (Wildman–Crippen LogP) is 4.06. The zero-order chi connectivity index (χ0) is 18.8. The molecule has 5 heteroatoms. The smallest absolute Gasteiger partial charge is 0.307 e. The van der Waals surface area contributed by atoms with Crippen molar-refractivity contribution in [1.29, 1.82) is 0 Å². The molecule has 0 unspecified atom stereocenters. The summed E-state index contributed by atoms with van der Waals surface area (Å²) in [6, 6.07) is 15.0. The van der Waals surface area contributed by atoms with Gasteiger partial charge in [0.25, 0.3) is 0 Å². The second kappa shape index (κ2) is 10.2. The normalized spacial score (nSPS) is 10.3. The number of hydrogen-bond donors (Lipinski definition) is 2. The molecular formula is C21H25NO4. The number of aryl methyl sites for hydroxylation is 1. The number of hydrogen-bond acceptors (Lipinski definition) is 3. The van der Waals surface area contributed by atoms with Crippen molar-refractivity contribution in [1.82, 2.24) is 0 Å². The lowest BCUT2D eigenvalue weighted by Crippen LogP contribution is -2.13. The highest BCUT2D eigenvalue weighted by Crippen LogP contribution is 2.17. The molecule has 2 rings (SSSR count). The molecule has 26 heavy (non-hydrogen) atoms. The molecule has 0 aliphatic rings. The number of unbranched alkanes of at least 4 members (excludes halogenated alkanes) is 2. The number of benzene rings is 2. The third kappa shape index (κ3) is 6.59. The summed E-state index contributed by atoms with van der Waals surface area (Å²) < 4.78 is 5.14. The van der Waals surface area contributed by atoms with E-state index in [0.717, 1.165) is 31.4 Å². The quantitative estimate of drug-likeness (QED) is 0.630. The second-order valence-electron chi connectivity index (χ2n) is 6.18. The molecule has 0 bridgehead atoms. The Morgan fingerprint density at radius 3 is 2.42 bits per heavy atom. The summed E-state index contributed by atoms with van der Waals surface area (Å²) in [6.45, 7) is 0. The van der Waals surface area contributed by atoms with Gasteiger partial charge in [0.05, 0.1) is 13.5 Å². The van der Waals surface area contributed by atoms with Crippen LogP contribution >= 0.6 is 0 Å². The van der Waals surface area contributed by atoms with E-state index in [0.29, 0.717) is 17.7 Å². The number of carbonyl (C=O) groups excluding carboxylic acids is 1. The van der Waals surface area contributed by atoms with E-state index in [1.165, 1.54) is 5.56 Å². The third-order valence-electron chi connectivity index (χ3n) is 4.16. The van der Waals surface area contributed by atoms with Gasteiger partial charge in [-0.1, -0.05) is 36.8 Å². The van der Waals surface area contributed by atoms with Crippen LogP contribution in [0, 0.1) is 0 Å². The zero-order valence-electron chi connectivity index (χ0n) is 15.0. The molecule has 0 atom stereocenters. The molecule has 0 aliphatic carbocycles. The van der Waals surface area contributed by atoms with Crippen LogP contribution in [0.1, 0.15) is 36.8 Å². The Bertz CT molecular complexity index is 725. The van der Waals surface area contributed by atoms with Crippen molar-refractivity contribution >= 4 is 17.6 Å². The molecule has 2 aromatic rings. The van der Waals surface area contributed by atoms with Crippen LogP contribution in [0.3, 0.4) is 0 Å². The molecule has 0 radical (unpaired) electrons. The van der Waals surface area contributed by atoms with Crippen LogP contribution in [-0.2, 0) is 22.4 Å². The molecule has 0 fully saturated rings. The average Bonchev–Trinajstić information content (AvgIpc) is 2.63. The zero-order valence-corrected chi connectivity index (χ0v) is 15.0. The maximum atomic E-state index is 12.1. The lowest BCUT2D eigenvalue weighted by atomic mass is 10.1. The van der Waals surface area contributed by atoms with Crippen LogP contribution in [0.25, 0.3) is 0 Å². The third-order valence-corrected chi connectivity index (χ3v) is 4.16. The number of nitrogens with one attached hydrogen (secondary N) is 1. The first-order valence-electron chi connectivity index (χ1n) is 8.81. The van der Waals surface area contributed by atoms with Crippen LogP contribution < -0.4 is 10.1 Å². The maximum Gasteiger partial charge on any atom is 0.307 e. The van der Waals surface area contributed by atoms with Crippen molar-refractivity contribution < 1.29 is 19.4 Å². The van der Waals surface area contributed by atoms with Gasteiger partial charge in [-0.05, 0) is 48.6 Å². The highest BCUT2D eigenvalue weighted by atomic mass is 16.5. The molecule has 0 saturated carbocycles. The van der Waals surface area contributed by atoms with E-state index in [1.807, 2.05) is 12.1 Å². The highest BCUT2D eigenvalue weighted by molar-refractivity contribution is 5.92. The van der Waals surface area contributed by atoms with Gasteiger partial charge < -0.3 is 15.2 Å². The number of carboxylic acid groups (broad SMARTS) is 1. The standard InChI is InChI=1S/C21H25NO4/c1-26-18-13-11-16(12-14-18)7-3-2-4-10-20(23)22-19-9-6-5-8-17(19)15-21(24)25/h5-6,8-9,11-14H,2-4,7,10,15H2,1H3,(H,22,23)(H,24,25). The Hall–Kier alpha value is -2.82. The number of anilines is 1. The number of para-hydroxylation sites is 1. The fourth-order valence-electron chi connectivity index (χ4n) is 2.76. The fourth-order valence-corrected chi connectivity index (χ4v) is 2.76. The van der Waals surface area contributed by atoms with Crippen molar-refractivity contribution in [2.24, 2.45) is 0 Å². The number of aliphatic carboxylic acids is 1. The molecule has 138 valence electrons. The lowest BCUT2D eigenvalue weighted by molar-refractivity contribution is -0.136. The summed E-state index contributed by atoms with van der Waals surface area (Å²) in [5.41, 5.74) is 2.46. The topological polar surface area (TPSA) is 75.6 Å². The minimum atomic E-state index is -0.912. The Labute approximate surface area is 154 Å². The summed E-state index contributed by atoms with van der Waals surface area (Å²) in [6.07, 6.45) is 4.11. The van der Waals surface area contributed by atoms with E-state index >= 15 is 0 Å². The van der Waals surface area contributed by atoms with Gasteiger partial charge in [-0.2, -0.15) is 0 Å². The SMILES string of the molecule is COc1ccc(CCCCCC(=O)Nc2ccccc2CC(=O)O)cc1. The summed E-state index contributed by atoms with van der Waals surface area (Å²) in [4.78, 5) is 23.0. The maximum absolute atomic E-state index is 12.1. The van der Waals surface area contributed by atoms with Gasteiger partial charge in [-0.3, -0.25) is 9.59 Å². The van der Waals surface area contributed by atoms with E-state index < -0.39 is 5.97 Å². The van der Waals surface area contributed by atoms with Crippen molar-refractivity contribution in [2.45, 2.75) is 38.5 Å². The Morgan fingerprint density at radius 2 is 1.73 bits per heavy atom. The summed E-state index contributed by atoms with van der Waals surface area (Å²) >= 11 is 0. The van der Waals surface area contributed by atoms with Crippen molar-refractivity contribution in [3.05, 3.63) is 59.7 Å². The van der Waals surface area contributed by atoms with E-state index in [1.54, 1.807) is 31.4 Å². The van der Waals surface area contributed by atoms with Crippen molar-refractivity contribution in [3.8, 4) is 5.75 Å². The average molecular weight is 355 g/mol. The van der Waals surface area contributed by atoms with Gasteiger partial charge in [-0.15, -0.1) is 0 Å². The molecule has 0 aliphatic heterocycles. The molecule has 1 amide bonds. The molecule has 0 spiro atoms. The number of ether oxygens (including phenoxy) is 1. The first-order valence-corrected chi connectivity index (χ1v) is 8.81. The Balaban J connectivity index is 1.69. The molecule has 2 aromatic carbocycles. The van der Waals surface area contributed by atoms with Gasteiger partial charge in [0.15, 0.2) is 0 Å². The van der Waals surface area contributed by atoms with E-state index in [-0.39, 0.29) is 12.3 Å². The van der Waals surface area contributed by atoms with Crippen LogP contribution in [0.2, 0.25) is 0 Å². The Morgan fingerprint density at radius 1 is 1.00 bits per heavy atom. The summed E-state index contributed by atoms with van der Waals surface area (Å²) in [5, 5.41) is 11.8.